The van der Waals surface area contributed by atoms with E-state index in [9.17, 15) is 19.5 Å². The molecule has 2 aliphatic rings. The van der Waals surface area contributed by atoms with Crippen LogP contribution in [0.15, 0.2) is 52.5 Å². The average Bonchev–Trinajstić information content (AvgIpc) is 2.98. The van der Waals surface area contributed by atoms with Crippen LogP contribution in [0.2, 0.25) is 0 Å². The lowest BCUT2D eigenvalue weighted by atomic mass is 9.78. The third-order valence-corrected chi connectivity index (χ3v) is 7.26. The van der Waals surface area contributed by atoms with E-state index in [4.69, 9.17) is 4.74 Å². The van der Waals surface area contributed by atoms with E-state index in [1.165, 1.54) is 0 Å². The Hall–Kier alpha value is -2.05. The van der Waals surface area contributed by atoms with E-state index in [0.717, 1.165) is 4.47 Å². The van der Waals surface area contributed by atoms with E-state index in [-0.39, 0.29) is 23.9 Å². The van der Waals surface area contributed by atoms with Crippen molar-refractivity contribution in [2.24, 2.45) is 17.3 Å². The van der Waals surface area contributed by atoms with E-state index < -0.39 is 29.0 Å². The minimum atomic E-state index is -1.66. The number of Topliss-reactive ketones (excluding diaryl/α,β-unsaturated/α-hetero) is 2. The molecule has 1 fully saturated rings. The molecule has 1 aromatic rings. The fraction of sp³-hybridized carbons (Fsp3) is 0.500. The highest BCUT2D eigenvalue weighted by Gasteiger charge is 2.56. The summed E-state index contributed by atoms with van der Waals surface area (Å²) in [5.74, 6) is -1.63. The first-order valence-electron chi connectivity index (χ1n) is 11.1. The lowest BCUT2D eigenvalue weighted by Gasteiger charge is -2.30. The number of hydrogen-bond donors (Lipinski definition) is 1. The van der Waals surface area contributed by atoms with Crippen LogP contribution >= 0.6 is 15.9 Å². The number of allylic oxidation sites excluding steroid dienone is 2. The standard InChI is InChI=1S/C26H31BrO5/c1-16-13-14-25(3,4)21(28)8-6-5-7-20-22(17(2)15-26(20,31)23(16)29)32-24(30)18-9-11-19(27)12-10-18/h5,7,9-13,17,20,22,31H,6,8,14-15H2,1-4H3/b7-5+,16-13?/t17-,20-,22+,26+/m0/s1. The number of carbonyl (C=O) groups excluding carboxylic acids is 3. The number of aliphatic hydroxyl groups is 1. The van der Waals surface area contributed by atoms with Crippen molar-refractivity contribution in [2.75, 3.05) is 0 Å². The molecule has 0 amide bonds. The summed E-state index contributed by atoms with van der Waals surface area (Å²) in [5, 5.41) is 11.6. The fourth-order valence-electron chi connectivity index (χ4n) is 4.60. The number of esters is 1. The summed E-state index contributed by atoms with van der Waals surface area (Å²) in [5.41, 5.74) is -1.39. The third-order valence-electron chi connectivity index (χ3n) is 6.73. The number of carbonyl (C=O) groups is 3. The van der Waals surface area contributed by atoms with Crippen LogP contribution < -0.4 is 0 Å². The maximum Gasteiger partial charge on any atom is 0.338 e. The van der Waals surface area contributed by atoms with Gasteiger partial charge in [-0.3, -0.25) is 9.59 Å². The van der Waals surface area contributed by atoms with E-state index >= 15 is 0 Å². The van der Waals surface area contributed by atoms with Crippen molar-refractivity contribution >= 4 is 33.5 Å². The zero-order valence-electron chi connectivity index (χ0n) is 19.1. The molecule has 0 unspecified atom stereocenters. The maximum atomic E-state index is 13.4. The summed E-state index contributed by atoms with van der Waals surface area (Å²) in [6.45, 7) is 7.33. The molecule has 32 heavy (non-hydrogen) atoms. The molecule has 6 heteroatoms. The average molecular weight is 503 g/mol. The molecule has 4 atom stereocenters. The van der Waals surface area contributed by atoms with Crippen molar-refractivity contribution in [1.29, 1.82) is 0 Å². The minimum Gasteiger partial charge on any atom is -0.458 e. The molecule has 2 aliphatic carbocycles. The molecule has 3 rings (SSSR count). The Balaban J connectivity index is 1.93. The van der Waals surface area contributed by atoms with Gasteiger partial charge >= 0.3 is 5.97 Å². The van der Waals surface area contributed by atoms with Crippen LogP contribution in [0.5, 0.6) is 0 Å². The van der Waals surface area contributed by atoms with Gasteiger partial charge in [0.15, 0.2) is 5.78 Å². The molecule has 1 aromatic carbocycles. The van der Waals surface area contributed by atoms with Gasteiger partial charge in [-0.2, -0.15) is 0 Å². The third kappa shape index (κ3) is 4.96. The van der Waals surface area contributed by atoms with Gasteiger partial charge in [-0.05, 0) is 61.9 Å². The van der Waals surface area contributed by atoms with Crippen LogP contribution in [0, 0.1) is 17.3 Å². The quantitative estimate of drug-likeness (QED) is 0.443. The van der Waals surface area contributed by atoms with Crippen LogP contribution in [0.3, 0.4) is 0 Å². The molecule has 0 saturated heterocycles. The Morgan fingerprint density at radius 2 is 1.84 bits per heavy atom. The summed E-state index contributed by atoms with van der Waals surface area (Å²) in [7, 11) is 0. The van der Waals surface area contributed by atoms with Gasteiger partial charge in [-0.15, -0.1) is 0 Å². The minimum absolute atomic E-state index is 0.132. The smallest absolute Gasteiger partial charge is 0.338 e. The van der Waals surface area contributed by atoms with Crippen molar-refractivity contribution in [3.05, 3.63) is 58.1 Å². The molecular formula is C26H31BrO5. The number of ketones is 2. The van der Waals surface area contributed by atoms with E-state index in [1.54, 1.807) is 43.3 Å². The highest BCUT2D eigenvalue weighted by molar-refractivity contribution is 9.10. The van der Waals surface area contributed by atoms with Gasteiger partial charge in [0.05, 0.1) is 11.5 Å². The Morgan fingerprint density at radius 1 is 1.19 bits per heavy atom. The first kappa shape index (κ1) is 24.6. The summed E-state index contributed by atoms with van der Waals surface area (Å²) in [6, 6.07) is 6.86. The summed E-state index contributed by atoms with van der Waals surface area (Å²) < 4.78 is 6.69. The van der Waals surface area contributed by atoms with E-state index in [2.05, 4.69) is 15.9 Å². The monoisotopic (exact) mass is 502 g/mol. The van der Waals surface area contributed by atoms with Crippen LogP contribution in [0.1, 0.15) is 63.7 Å². The number of fused-ring (bicyclic) bond motifs is 1. The largest absolute Gasteiger partial charge is 0.458 e. The van der Waals surface area contributed by atoms with Gasteiger partial charge < -0.3 is 9.84 Å². The van der Waals surface area contributed by atoms with Crippen LogP contribution in [0.4, 0.5) is 0 Å². The normalized spacial score (nSPS) is 31.7. The topological polar surface area (TPSA) is 80.7 Å². The first-order valence-corrected chi connectivity index (χ1v) is 11.9. The van der Waals surface area contributed by atoms with Crippen molar-refractivity contribution in [1.82, 2.24) is 0 Å². The predicted molar refractivity (Wildman–Crippen MR) is 126 cm³/mol. The summed E-state index contributed by atoms with van der Waals surface area (Å²) in [4.78, 5) is 38.8. The molecule has 1 N–H and O–H groups in total. The number of hydrogen-bond acceptors (Lipinski definition) is 5. The molecule has 0 heterocycles. The van der Waals surface area contributed by atoms with Crippen LogP contribution in [-0.2, 0) is 14.3 Å². The zero-order valence-corrected chi connectivity index (χ0v) is 20.6. The van der Waals surface area contributed by atoms with Gasteiger partial charge in [-0.1, -0.05) is 54.9 Å². The Morgan fingerprint density at radius 3 is 2.50 bits per heavy atom. The number of benzene rings is 1. The Labute approximate surface area is 198 Å². The summed E-state index contributed by atoms with van der Waals surface area (Å²) in [6.07, 6.45) is 6.22. The van der Waals surface area contributed by atoms with Crippen LogP contribution in [-0.4, -0.2) is 34.3 Å². The lowest BCUT2D eigenvalue weighted by molar-refractivity contribution is -0.137. The van der Waals surface area contributed by atoms with Crippen LogP contribution in [0.25, 0.3) is 0 Å². The van der Waals surface area contributed by atoms with Crippen molar-refractivity contribution in [3.63, 3.8) is 0 Å². The molecule has 172 valence electrons. The van der Waals surface area contributed by atoms with Crippen molar-refractivity contribution in [3.8, 4) is 0 Å². The number of halogens is 1. The Kier molecular flexibility index (Phi) is 7.25. The van der Waals surface area contributed by atoms with Gasteiger partial charge in [0.1, 0.15) is 17.5 Å². The molecule has 0 aliphatic heterocycles. The SMILES string of the molecule is CC1=CCC(C)(C)C(=O)CC/C=C/[C@H]2[C@H](OC(=O)c3ccc(Br)cc3)[C@@H](C)C[C@]2(O)C1=O. The fourth-order valence-corrected chi connectivity index (χ4v) is 4.86. The molecular weight excluding hydrogens is 472 g/mol. The molecule has 0 radical (unpaired) electrons. The van der Waals surface area contributed by atoms with Gasteiger partial charge in [0.25, 0.3) is 0 Å². The maximum absolute atomic E-state index is 13.4. The first-order chi connectivity index (χ1) is 15.0. The van der Waals surface area contributed by atoms with Crippen molar-refractivity contribution in [2.45, 2.75) is 65.1 Å². The lowest BCUT2D eigenvalue weighted by Crippen LogP contribution is -2.45. The molecule has 5 nitrogen and oxygen atoms in total. The predicted octanol–water partition coefficient (Wildman–Crippen LogP) is 5.21. The van der Waals surface area contributed by atoms with Crippen molar-refractivity contribution < 1.29 is 24.2 Å². The molecule has 0 aromatic heterocycles. The Bertz CT molecular complexity index is 959. The second kappa shape index (κ2) is 9.44. The number of rotatable bonds is 2. The van der Waals surface area contributed by atoms with Gasteiger partial charge in [0.2, 0.25) is 0 Å². The summed E-state index contributed by atoms with van der Waals surface area (Å²) >= 11 is 3.35. The second-order valence-corrected chi connectivity index (χ2v) is 10.6. The van der Waals surface area contributed by atoms with Gasteiger partial charge in [-0.25, -0.2) is 4.79 Å². The van der Waals surface area contributed by atoms with E-state index in [0.29, 0.717) is 30.4 Å². The number of ether oxygens (including phenoxy) is 1. The highest BCUT2D eigenvalue weighted by atomic mass is 79.9. The second-order valence-electron chi connectivity index (χ2n) is 9.70. The molecule has 0 spiro atoms. The highest BCUT2D eigenvalue weighted by Crippen LogP contribution is 2.45. The van der Waals surface area contributed by atoms with E-state index in [1.807, 2.05) is 26.8 Å². The zero-order chi connectivity index (χ0) is 23.7. The molecule has 1 saturated carbocycles. The van der Waals surface area contributed by atoms with Gasteiger partial charge in [0, 0.05) is 16.3 Å². The molecule has 0 bridgehead atoms.